The molecule has 0 spiro atoms. The van der Waals surface area contributed by atoms with Gasteiger partial charge in [0.25, 0.3) is 11.5 Å². The molecule has 2 amide bonds. The van der Waals surface area contributed by atoms with E-state index in [0.717, 1.165) is 43.4 Å². The largest absolute Gasteiger partial charge is 0.365 e. The quantitative estimate of drug-likeness (QED) is 0.730. The molecule has 1 aromatic heterocycles. The van der Waals surface area contributed by atoms with Gasteiger partial charge in [-0.25, -0.2) is 0 Å². The van der Waals surface area contributed by atoms with Gasteiger partial charge in [-0.05, 0) is 49.7 Å². The number of allylic oxidation sites excluding steroid dienone is 2. The van der Waals surface area contributed by atoms with Crippen molar-refractivity contribution in [3.8, 4) is 0 Å². The fourth-order valence-electron chi connectivity index (χ4n) is 3.43. The summed E-state index contributed by atoms with van der Waals surface area (Å²) >= 11 is 0. The summed E-state index contributed by atoms with van der Waals surface area (Å²) in [5.41, 5.74) is 6.33. The van der Waals surface area contributed by atoms with Crippen LogP contribution in [-0.4, -0.2) is 16.8 Å². The Kier molecular flexibility index (Phi) is 4.32. The van der Waals surface area contributed by atoms with E-state index in [1.165, 1.54) is 6.07 Å². The summed E-state index contributed by atoms with van der Waals surface area (Å²) in [6.07, 6.45) is 9.16. The number of nitrogens with two attached hydrogens (primary N) is 1. The molecule has 0 bridgehead atoms. The Balaban J connectivity index is 1.78. The average molecular weight is 315 g/mol. The van der Waals surface area contributed by atoms with Gasteiger partial charge in [-0.3, -0.25) is 14.4 Å². The van der Waals surface area contributed by atoms with Crippen LogP contribution < -0.4 is 16.6 Å². The first-order valence-electron chi connectivity index (χ1n) is 8.06. The number of rotatable bonds is 4. The topological polar surface area (TPSA) is 105 Å². The molecule has 6 nitrogen and oxygen atoms in total. The van der Waals surface area contributed by atoms with Gasteiger partial charge in [-0.15, -0.1) is 0 Å². The van der Waals surface area contributed by atoms with Crippen LogP contribution in [0.25, 0.3) is 0 Å². The van der Waals surface area contributed by atoms with Crippen molar-refractivity contribution < 1.29 is 9.59 Å². The standard InChI is InChI=1S/C17H21N3O3/c18-16(22)12-9-11-13(6-3-7-14(11)20-17(12)23)19-15(21)8-10-4-1-2-5-10/h1,4,9-10,13H,2-3,5-8H2,(H2,18,22)(H,19,21)(H,20,23). The van der Waals surface area contributed by atoms with E-state index in [1.54, 1.807) is 0 Å². The zero-order valence-corrected chi connectivity index (χ0v) is 12.9. The van der Waals surface area contributed by atoms with E-state index < -0.39 is 11.5 Å². The highest BCUT2D eigenvalue weighted by molar-refractivity contribution is 5.92. The number of amides is 2. The first kappa shape index (κ1) is 15.5. The third-order valence-electron chi connectivity index (χ3n) is 4.61. The van der Waals surface area contributed by atoms with E-state index in [2.05, 4.69) is 22.5 Å². The van der Waals surface area contributed by atoms with Gasteiger partial charge in [-0.1, -0.05) is 12.2 Å². The number of aromatic nitrogens is 1. The zero-order chi connectivity index (χ0) is 16.4. The number of aryl methyl sites for hydroxylation is 1. The predicted molar refractivity (Wildman–Crippen MR) is 85.9 cm³/mol. The maximum Gasteiger partial charge on any atom is 0.261 e. The molecule has 0 saturated heterocycles. The summed E-state index contributed by atoms with van der Waals surface area (Å²) in [6, 6.07) is 1.36. The molecule has 2 unspecified atom stereocenters. The highest BCUT2D eigenvalue weighted by Gasteiger charge is 2.25. The van der Waals surface area contributed by atoms with E-state index in [0.29, 0.717) is 12.3 Å². The molecule has 0 aliphatic heterocycles. The number of aromatic amines is 1. The molecule has 4 N–H and O–H groups in total. The summed E-state index contributed by atoms with van der Waals surface area (Å²) in [4.78, 5) is 38.2. The molecule has 1 aromatic rings. The molecular weight excluding hydrogens is 294 g/mol. The lowest BCUT2D eigenvalue weighted by Gasteiger charge is -2.26. The number of carbonyl (C=O) groups excluding carboxylic acids is 2. The van der Waals surface area contributed by atoms with Crippen molar-refractivity contribution in [1.82, 2.24) is 10.3 Å². The molecule has 1 heterocycles. The summed E-state index contributed by atoms with van der Waals surface area (Å²) < 4.78 is 0. The molecular formula is C17H21N3O3. The third kappa shape index (κ3) is 3.36. The summed E-state index contributed by atoms with van der Waals surface area (Å²) in [5, 5.41) is 3.04. The molecule has 6 heteroatoms. The highest BCUT2D eigenvalue weighted by atomic mass is 16.2. The molecule has 2 aliphatic carbocycles. The van der Waals surface area contributed by atoms with Gasteiger partial charge in [0.05, 0.1) is 6.04 Å². The van der Waals surface area contributed by atoms with Gasteiger partial charge >= 0.3 is 0 Å². The van der Waals surface area contributed by atoms with Gasteiger partial charge in [-0.2, -0.15) is 0 Å². The number of fused-ring (bicyclic) bond motifs is 1. The smallest absolute Gasteiger partial charge is 0.261 e. The molecule has 2 atom stereocenters. The molecule has 23 heavy (non-hydrogen) atoms. The minimum atomic E-state index is -0.749. The Morgan fingerprint density at radius 1 is 1.35 bits per heavy atom. The van der Waals surface area contributed by atoms with Crippen molar-refractivity contribution in [2.45, 2.75) is 44.6 Å². The van der Waals surface area contributed by atoms with Crippen LogP contribution in [0.2, 0.25) is 0 Å². The number of hydrogen-bond acceptors (Lipinski definition) is 3. The summed E-state index contributed by atoms with van der Waals surface area (Å²) in [5.74, 6) is -0.429. The van der Waals surface area contributed by atoms with E-state index in [-0.39, 0.29) is 17.5 Å². The highest BCUT2D eigenvalue weighted by Crippen LogP contribution is 2.29. The normalized spacial score (nSPS) is 22.6. The van der Waals surface area contributed by atoms with Crippen LogP contribution in [0, 0.1) is 5.92 Å². The van der Waals surface area contributed by atoms with Crippen LogP contribution in [0.1, 0.15) is 59.8 Å². The van der Waals surface area contributed by atoms with Crippen LogP contribution in [0.3, 0.4) is 0 Å². The number of H-pyrrole nitrogens is 1. The van der Waals surface area contributed by atoms with Crippen molar-refractivity contribution in [2.75, 3.05) is 0 Å². The van der Waals surface area contributed by atoms with Crippen molar-refractivity contribution in [1.29, 1.82) is 0 Å². The molecule has 0 saturated carbocycles. The number of primary amides is 1. The Labute approximate surface area is 134 Å². The van der Waals surface area contributed by atoms with Crippen LogP contribution in [-0.2, 0) is 11.2 Å². The Bertz CT molecular complexity index is 720. The summed E-state index contributed by atoms with van der Waals surface area (Å²) in [7, 11) is 0. The van der Waals surface area contributed by atoms with E-state index in [1.807, 2.05) is 0 Å². The van der Waals surface area contributed by atoms with E-state index >= 15 is 0 Å². The van der Waals surface area contributed by atoms with Gasteiger partial charge in [0.2, 0.25) is 5.91 Å². The van der Waals surface area contributed by atoms with Gasteiger partial charge in [0.1, 0.15) is 5.56 Å². The maximum atomic E-state index is 12.3. The number of nitrogens with one attached hydrogen (secondary N) is 2. The van der Waals surface area contributed by atoms with Crippen LogP contribution in [0.15, 0.2) is 23.0 Å². The van der Waals surface area contributed by atoms with E-state index in [9.17, 15) is 14.4 Å². The van der Waals surface area contributed by atoms with Crippen LogP contribution >= 0.6 is 0 Å². The van der Waals surface area contributed by atoms with E-state index in [4.69, 9.17) is 5.73 Å². The lowest BCUT2D eigenvalue weighted by molar-refractivity contribution is -0.122. The monoisotopic (exact) mass is 315 g/mol. The van der Waals surface area contributed by atoms with Gasteiger partial charge in [0, 0.05) is 12.1 Å². The fourth-order valence-corrected chi connectivity index (χ4v) is 3.43. The van der Waals surface area contributed by atoms with Gasteiger partial charge in [0.15, 0.2) is 0 Å². The average Bonchev–Trinajstić information content (AvgIpc) is 2.99. The van der Waals surface area contributed by atoms with Gasteiger partial charge < -0.3 is 16.0 Å². The fraction of sp³-hybridized carbons (Fsp3) is 0.471. The molecule has 0 fully saturated rings. The first-order chi connectivity index (χ1) is 11.0. The second kappa shape index (κ2) is 6.40. The number of pyridine rings is 1. The van der Waals surface area contributed by atoms with Crippen molar-refractivity contribution in [2.24, 2.45) is 11.7 Å². The van der Waals surface area contributed by atoms with Crippen molar-refractivity contribution in [3.63, 3.8) is 0 Å². The Morgan fingerprint density at radius 2 is 2.17 bits per heavy atom. The number of carbonyl (C=O) groups is 2. The summed E-state index contributed by atoms with van der Waals surface area (Å²) in [6.45, 7) is 0. The Hall–Kier alpha value is -2.37. The van der Waals surface area contributed by atoms with Crippen molar-refractivity contribution in [3.05, 3.63) is 45.4 Å². The van der Waals surface area contributed by atoms with Crippen LogP contribution in [0.4, 0.5) is 0 Å². The lowest BCUT2D eigenvalue weighted by Crippen LogP contribution is -2.34. The van der Waals surface area contributed by atoms with Crippen LogP contribution in [0.5, 0.6) is 0 Å². The SMILES string of the molecule is NC(=O)c1cc2c([nH]c1=O)CCCC2NC(=O)CC1C=CCC1. The predicted octanol–water partition coefficient (Wildman–Crippen LogP) is 1.32. The third-order valence-corrected chi connectivity index (χ3v) is 4.61. The maximum absolute atomic E-state index is 12.3. The first-order valence-corrected chi connectivity index (χ1v) is 8.06. The molecule has 2 aliphatic rings. The lowest BCUT2D eigenvalue weighted by atomic mass is 9.90. The molecule has 122 valence electrons. The minimum absolute atomic E-state index is 0.00576. The second-order valence-corrected chi connectivity index (χ2v) is 6.29. The van der Waals surface area contributed by atoms with Crippen molar-refractivity contribution >= 4 is 11.8 Å². The minimum Gasteiger partial charge on any atom is -0.365 e. The molecule has 0 aromatic carbocycles. The molecule has 3 rings (SSSR count). The molecule has 0 radical (unpaired) electrons. The zero-order valence-electron chi connectivity index (χ0n) is 12.9. The number of hydrogen-bond donors (Lipinski definition) is 3. The second-order valence-electron chi connectivity index (χ2n) is 6.29. The Morgan fingerprint density at radius 3 is 2.87 bits per heavy atom.